The predicted octanol–water partition coefficient (Wildman–Crippen LogP) is 2.46. The summed E-state index contributed by atoms with van der Waals surface area (Å²) in [4.78, 5) is 23.2. The zero-order valence-corrected chi connectivity index (χ0v) is 13.3. The predicted molar refractivity (Wildman–Crippen MR) is 83.7 cm³/mol. The summed E-state index contributed by atoms with van der Waals surface area (Å²) in [6, 6.07) is 5.69. The van der Waals surface area contributed by atoms with Gasteiger partial charge in [0.1, 0.15) is 17.9 Å². The summed E-state index contributed by atoms with van der Waals surface area (Å²) in [7, 11) is 1.59. The first-order chi connectivity index (χ1) is 10.9. The van der Waals surface area contributed by atoms with E-state index in [1.807, 2.05) is 25.1 Å². The Hall–Kier alpha value is -2.76. The molecule has 1 amide bonds. The molecule has 1 aromatic carbocycles. The fraction of sp³-hybridized carbons (Fsp3) is 0.294. The molecule has 0 radical (unpaired) electrons. The van der Waals surface area contributed by atoms with Crippen molar-refractivity contribution in [3.8, 4) is 5.75 Å². The number of nitrogens with one attached hydrogen (secondary N) is 1. The van der Waals surface area contributed by atoms with Crippen LogP contribution in [0.25, 0.3) is 0 Å². The van der Waals surface area contributed by atoms with Crippen molar-refractivity contribution in [3.05, 3.63) is 52.5 Å². The molecule has 0 saturated carbocycles. The van der Waals surface area contributed by atoms with Crippen molar-refractivity contribution in [2.75, 3.05) is 7.11 Å². The largest absolute Gasteiger partial charge is 0.497 e. The summed E-state index contributed by atoms with van der Waals surface area (Å²) >= 11 is 0. The van der Waals surface area contributed by atoms with E-state index in [0.29, 0.717) is 12.1 Å². The van der Waals surface area contributed by atoms with Crippen LogP contribution in [-0.2, 0) is 17.8 Å². The number of carbonyl (C=O) groups excluding carboxylic acids is 1. The Morgan fingerprint density at radius 1 is 1.26 bits per heavy atom. The lowest BCUT2D eigenvalue weighted by Gasteiger charge is -2.09. The fourth-order valence-electron chi connectivity index (χ4n) is 2.39. The standard InChI is InChI=1S/C17H19NO5/c1-10-4-12(6-13(5-10)22-3)8-18-17(21)16-11(2)9-23-14(16)7-15(19)20/h4-6,9H,7-8H2,1-3H3,(H,18,21)(H,19,20). The summed E-state index contributed by atoms with van der Waals surface area (Å²) in [5, 5.41) is 11.7. The summed E-state index contributed by atoms with van der Waals surface area (Å²) in [6.45, 7) is 3.96. The Balaban J connectivity index is 2.12. The van der Waals surface area contributed by atoms with Gasteiger partial charge in [0, 0.05) is 12.1 Å². The van der Waals surface area contributed by atoms with Crippen LogP contribution >= 0.6 is 0 Å². The summed E-state index contributed by atoms with van der Waals surface area (Å²) in [5.41, 5.74) is 2.82. The molecule has 0 aliphatic carbocycles. The number of ether oxygens (including phenoxy) is 1. The summed E-state index contributed by atoms with van der Waals surface area (Å²) < 4.78 is 10.4. The van der Waals surface area contributed by atoms with Crippen LogP contribution in [-0.4, -0.2) is 24.1 Å². The molecule has 122 valence electrons. The first kappa shape index (κ1) is 16.6. The zero-order chi connectivity index (χ0) is 17.0. The number of carbonyl (C=O) groups is 2. The number of furan rings is 1. The van der Waals surface area contributed by atoms with E-state index in [-0.39, 0.29) is 23.7 Å². The molecule has 6 heteroatoms. The highest BCUT2D eigenvalue weighted by Gasteiger charge is 2.20. The Bertz CT molecular complexity index is 733. The van der Waals surface area contributed by atoms with Crippen LogP contribution in [0.4, 0.5) is 0 Å². The molecule has 0 unspecified atom stereocenters. The average Bonchev–Trinajstić information content (AvgIpc) is 2.84. The first-order valence-corrected chi connectivity index (χ1v) is 7.12. The normalized spacial score (nSPS) is 10.4. The third kappa shape index (κ3) is 4.12. The van der Waals surface area contributed by atoms with Crippen LogP contribution < -0.4 is 10.1 Å². The third-order valence-electron chi connectivity index (χ3n) is 3.39. The maximum atomic E-state index is 12.3. The first-order valence-electron chi connectivity index (χ1n) is 7.12. The van der Waals surface area contributed by atoms with Crippen LogP contribution in [0.3, 0.4) is 0 Å². The van der Waals surface area contributed by atoms with Crippen LogP contribution in [0.15, 0.2) is 28.9 Å². The number of aliphatic carboxylic acids is 1. The third-order valence-corrected chi connectivity index (χ3v) is 3.39. The molecule has 0 fully saturated rings. The van der Waals surface area contributed by atoms with Crippen molar-refractivity contribution in [2.24, 2.45) is 0 Å². The minimum Gasteiger partial charge on any atom is -0.497 e. The number of rotatable bonds is 6. The topological polar surface area (TPSA) is 88.8 Å². The van der Waals surface area contributed by atoms with Gasteiger partial charge in [0.15, 0.2) is 0 Å². The van der Waals surface area contributed by atoms with Gasteiger partial charge in [0.25, 0.3) is 5.91 Å². The number of methoxy groups -OCH3 is 1. The maximum Gasteiger partial charge on any atom is 0.311 e. The highest BCUT2D eigenvalue weighted by atomic mass is 16.5. The van der Waals surface area contributed by atoms with Gasteiger partial charge in [-0.2, -0.15) is 0 Å². The van der Waals surface area contributed by atoms with Crippen molar-refractivity contribution < 1.29 is 23.8 Å². The zero-order valence-electron chi connectivity index (χ0n) is 13.3. The van der Waals surface area contributed by atoms with Crippen molar-refractivity contribution in [2.45, 2.75) is 26.8 Å². The van der Waals surface area contributed by atoms with Gasteiger partial charge in [0.2, 0.25) is 0 Å². The van der Waals surface area contributed by atoms with Crippen molar-refractivity contribution in [1.82, 2.24) is 5.32 Å². The van der Waals surface area contributed by atoms with Gasteiger partial charge < -0.3 is 19.6 Å². The Morgan fingerprint density at radius 3 is 2.65 bits per heavy atom. The minimum absolute atomic E-state index is 0.161. The Kier molecular flexibility index (Phi) is 5.05. The molecule has 6 nitrogen and oxygen atoms in total. The fourth-order valence-corrected chi connectivity index (χ4v) is 2.39. The number of carboxylic acids is 1. The molecule has 0 aliphatic heterocycles. The number of carboxylic acid groups (broad SMARTS) is 1. The molecule has 1 heterocycles. The second-order valence-corrected chi connectivity index (χ2v) is 5.33. The van der Waals surface area contributed by atoms with E-state index in [0.717, 1.165) is 16.9 Å². The quantitative estimate of drug-likeness (QED) is 0.854. The molecular formula is C17H19NO5. The highest BCUT2D eigenvalue weighted by Crippen LogP contribution is 2.19. The molecule has 2 aromatic rings. The van der Waals surface area contributed by atoms with Crippen molar-refractivity contribution in [3.63, 3.8) is 0 Å². The van der Waals surface area contributed by atoms with E-state index in [4.69, 9.17) is 14.3 Å². The van der Waals surface area contributed by atoms with Crippen LogP contribution in [0.5, 0.6) is 5.75 Å². The number of aryl methyl sites for hydroxylation is 2. The molecule has 0 spiro atoms. The maximum absolute atomic E-state index is 12.3. The summed E-state index contributed by atoms with van der Waals surface area (Å²) in [5.74, 6) is -0.514. The van der Waals surface area contributed by atoms with E-state index in [2.05, 4.69) is 5.32 Å². The molecule has 1 aromatic heterocycles. The van der Waals surface area contributed by atoms with Gasteiger partial charge in [-0.1, -0.05) is 6.07 Å². The van der Waals surface area contributed by atoms with E-state index in [1.165, 1.54) is 6.26 Å². The van der Waals surface area contributed by atoms with Crippen LogP contribution in [0.2, 0.25) is 0 Å². The van der Waals surface area contributed by atoms with Crippen molar-refractivity contribution in [1.29, 1.82) is 0 Å². The van der Waals surface area contributed by atoms with Gasteiger partial charge in [-0.3, -0.25) is 9.59 Å². The SMILES string of the molecule is COc1cc(C)cc(CNC(=O)c2c(C)coc2CC(=O)O)c1. The second-order valence-electron chi connectivity index (χ2n) is 5.33. The van der Waals surface area contributed by atoms with Gasteiger partial charge in [-0.15, -0.1) is 0 Å². The molecule has 0 atom stereocenters. The van der Waals surface area contributed by atoms with Crippen LogP contribution in [0.1, 0.15) is 32.8 Å². The molecule has 23 heavy (non-hydrogen) atoms. The van der Waals surface area contributed by atoms with Gasteiger partial charge in [-0.05, 0) is 37.1 Å². The minimum atomic E-state index is -1.04. The lowest BCUT2D eigenvalue weighted by atomic mass is 10.1. The Labute approximate surface area is 134 Å². The van der Waals surface area contributed by atoms with Crippen molar-refractivity contribution >= 4 is 11.9 Å². The molecule has 0 saturated heterocycles. The second kappa shape index (κ2) is 7.00. The smallest absolute Gasteiger partial charge is 0.311 e. The molecule has 2 N–H and O–H groups in total. The molecular weight excluding hydrogens is 298 g/mol. The van der Waals surface area contributed by atoms with E-state index < -0.39 is 5.97 Å². The molecule has 0 bridgehead atoms. The van der Waals surface area contributed by atoms with Crippen LogP contribution in [0, 0.1) is 13.8 Å². The number of benzene rings is 1. The average molecular weight is 317 g/mol. The number of amides is 1. The highest BCUT2D eigenvalue weighted by molar-refractivity contribution is 5.97. The van der Waals surface area contributed by atoms with E-state index >= 15 is 0 Å². The van der Waals surface area contributed by atoms with E-state index in [9.17, 15) is 9.59 Å². The Morgan fingerprint density at radius 2 is 2.00 bits per heavy atom. The lowest BCUT2D eigenvalue weighted by Crippen LogP contribution is -2.24. The summed E-state index contributed by atoms with van der Waals surface area (Å²) in [6.07, 6.45) is 1.07. The van der Waals surface area contributed by atoms with E-state index in [1.54, 1.807) is 14.0 Å². The monoisotopic (exact) mass is 317 g/mol. The molecule has 0 aliphatic rings. The lowest BCUT2D eigenvalue weighted by molar-refractivity contribution is -0.136. The van der Waals surface area contributed by atoms with Gasteiger partial charge in [0.05, 0.1) is 18.9 Å². The number of hydrogen-bond acceptors (Lipinski definition) is 4. The number of hydrogen-bond donors (Lipinski definition) is 2. The molecule has 2 rings (SSSR count). The van der Waals surface area contributed by atoms with Gasteiger partial charge in [-0.25, -0.2) is 0 Å². The van der Waals surface area contributed by atoms with Gasteiger partial charge >= 0.3 is 5.97 Å².